The van der Waals surface area contributed by atoms with Crippen molar-refractivity contribution in [1.29, 1.82) is 0 Å². The molecule has 1 aromatic carbocycles. The SMILES string of the molecule is CC(NC(=O)NCCC(=O)O)c1cccc(Cl)c1Cl. The highest BCUT2D eigenvalue weighted by Crippen LogP contribution is 2.29. The summed E-state index contributed by atoms with van der Waals surface area (Å²) in [6, 6.07) is 4.37. The molecule has 0 aliphatic rings. The lowest BCUT2D eigenvalue weighted by molar-refractivity contribution is -0.136. The second-order valence-electron chi connectivity index (χ2n) is 3.91. The van der Waals surface area contributed by atoms with Crippen molar-refractivity contribution in [3.8, 4) is 0 Å². The van der Waals surface area contributed by atoms with Gasteiger partial charge in [0.1, 0.15) is 0 Å². The third-order valence-electron chi connectivity index (χ3n) is 2.42. The second kappa shape index (κ2) is 7.21. The summed E-state index contributed by atoms with van der Waals surface area (Å²) in [4.78, 5) is 21.8. The van der Waals surface area contributed by atoms with Crippen LogP contribution in [0.25, 0.3) is 0 Å². The molecule has 3 N–H and O–H groups in total. The summed E-state index contributed by atoms with van der Waals surface area (Å²) >= 11 is 11.9. The van der Waals surface area contributed by atoms with Gasteiger partial charge in [0.25, 0.3) is 0 Å². The van der Waals surface area contributed by atoms with E-state index < -0.39 is 12.0 Å². The van der Waals surface area contributed by atoms with Crippen molar-refractivity contribution in [2.24, 2.45) is 0 Å². The van der Waals surface area contributed by atoms with Crippen LogP contribution in [0, 0.1) is 0 Å². The summed E-state index contributed by atoms with van der Waals surface area (Å²) in [5.41, 5.74) is 0.697. The Hall–Kier alpha value is -1.46. The predicted octanol–water partition coefficient (Wildman–Crippen LogP) is 2.83. The molecule has 1 aromatic rings. The van der Waals surface area contributed by atoms with Crippen LogP contribution in [0.1, 0.15) is 24.9 Å². The number of carbonyl (C=O) groups is 2. The number of hydrogen-bond acceptors (Lipinski definition) is 2. The maximum atomic E-state index is 11.5. The molecule has 7 heteroatoms. The van der Waals surface area contributed by atoms with E-state index in [1.165, 1.54) is 0 Å². The summed E-state index contributed by atoms with van der Waals surface area (Å²) in [6.07, 6.45) is -0.125. The molecular formula is C12H14Cl2N2O3. The first-order valence-corrected chi connectivity index (χ1v) is 6.37. The van der Waals surface area contributed by atoms with Crippen LogP contribution in [-0.4, -0.2) is 23.7 Å². The number of rotatable bonds is 5. The molecule has 0 radical (unpaired) electrons. The second-order valence-corrected chi connectivity index (χ2v) is 4.69. The van der Waals surface area contributed by atoms with E-state index in [0.29, 0.717) is 15.6 Å². The number of nitrogens with one attached hydrogen (secondary N) is 2. The molecule has 0 heterocycles. The quantitative estimate of drug-likeness (QED) is 0.782. The minimum Gasteiger partial charge on any atom is -0.481 e. The van der Waals surface area contributed by atoms with Crippen LogP contribution in [0.5, 0.6) is 0 Å². The van der Waals surface area contributed by atoms with Gasteiger partial charge in [0, 0.05) is 6.54 Å². The molecular weight excluding hydrogens is 291 g/mol. The number of benzene rings is 1. The lowest BCUT2D eigenvalue weighted by Gasteiger charge is -2.16. The molecule has 0 fully saturated rings. The Kier molecular flexibility index (Phi) is 5.92. The molecule has 5 nitrogen and oxygen atoms in total. The summed E-state index contributed by atoms with van der Waals surface area (Å²) in [7, 11) is 0. The monoisotopic (exact) mass is 304 g/mol. The Labute approximate surface area is 120 Å². The minimum absolute atomic E-state index is 0.0666. The first-order valence-electron chi connectivity index (χ1n) is 5.62. The number of halogens is 2. The number of hydrogen-bond donors (Lipinski definition) is 3. The summed E-state index contributed by atoms with van der Waals surface area (Å²) < 4.78 is 0. The Morgan fingerprint density at radius 2 is 2.05 bits per heavy atom. The van der Waals surface area contributed by atoms with E-state index in [0.717, 1.165) is 0 Å². The molecule has 0 saturated carbocycles. The Morgan fingerprint density at radius 3 is 2.68 bits per heavy atom. The zero-order chi connectivity index (χ0) is 14.4. The lowest BCUT2D eigenvalue weighted by Crippen LogP contribution is -2.38. The molecule has 104 valence electrons. The van der Waals surface area contributed by atoms with Gasteiger partial charge in [0.05, 0.1) is 22.5 Å². The molecule has 19 heavy (non-hydrogen) atoms. The first-order chi connectivity index (χ1) is 8.91. The van der Waals surface area contributed by atoms with Crippen molar-refractivity contribution in [3.05, 3.63) is 33.8 Å². The van der Waals surface area contributed by atoms with Crippen LogP contribution in [0.4, 0.5) is 4.79 Å². The largest absolute Gasteiger partial charge is 0.481 e. The fourth-order valence-electron chi connectivity index (χ4n) is 1.46. The third kappa shape index (κ3) is 4.96. The van der Waals surface area contributed by atoms with Crippen LogP contribution in [-0.2, 0) is 4.79 Å². The molecule has 0 aromatic heterocycles. The summed E-state index contributed by atoms with van der Waals surface area (Å²) in [6.45, 7) is 1.82. The highest BCUT2D eigenvalue weighted by Gasteiger charge is 2.14. The minimum atomic E-state index is -0.966. The van der Waals surface area contributed by atoms with Gasteiger partial charge in [0.15, 0.2) is 0 Å². The molecule has 0 bridgehead atoms. The fraction of sp³-hybridized carbons (Fsp3) is 0.333. The first kappa shape index (κ1) is 15.6. The number of carboxylic acids is 1. The van der Waals surface area contributed by atoms with Crippen LogP contribution in [0.15, 0.2) is 18.2 Å². The number of carbonyl (C=O) groups excluding carboxylic acids is 1. The topological polar surface area (TPSA) is 78.4 Å². The van der Waals surface area contributed by atoms with E-state index >= 15 is 0 Å². The average Bonchev–Trinajstić information content (AvgIpc) is 2.31. The third-order valence-corrected chi connectivity index (χ3v) is 3.25. The molecule has 1 unspecified atom stereocenters. The Balaban J connectivity index is 2.54. The standard InChI is InChI=1S/C12H14Cl2N2O3/c1-7(8-3-2-4-9(13)11(8)14)16-12(19)15-6-5-10(17)18/h2-4,7H,5-6H2,1H3,(H,17,18)(H2,15,16,19). The number of amides is 2. The highest BCUT2D eigenvalue weighted by molar-refractivity contribution is 6.42. The molecule has 1 atom stereocenters. The van der Waals surface area contributed by atoms with Gasteiger partial charge in [-0.05, 0) is 18.6 Å². The summed E-state index contributed by atoms with van der Waals surface area (Å²) in [5, 5.41) is 14.4. The Bertz CT molecular complexity index is 480. The average molecular weight is 305 g/mol. The zero-order valence-corrected chi connectivity index (χ0v) is 11.8. The lowest BCUT2D eigenvalue weighted by atomic mass is 10.1. The van der Waals surface area contributed by atoms with Crippen molar-refractivity contribution >= 4 is 35.2 Å². The van der Waals surface area contributed by atoms with Crippen molar-refractivity contribution in [2.75, 3.05) is 6.54 Å². The van der Waals surface area contributed by atoms with Gasteiger partial charge in [-0.2, -0.15) is 0 Å². The highest BCUT2D eigenvalue weighted by atomic mass is 35.5. The summed E-state index contributed by atoms with van der Waals surface area (Å²) in [5.74, 6) is -0.966. The van der Waals surface area contributed by atoms with Crippen molar-refractivity contribution in [2.45, 2.75) is 19.4 Å². The molecule has 0 aliphatic heterocycles. The van der Waals surface area contributed by atoms with Crippen LogP contribution in [0.2, 0.25) is 10.0 Å². The van der Waals surface area contributed by atoms with E-state index in [1.807, 2.05) is 0 Å². The van der Waals surface area contributed by atoms with Gasteiger partial charge in [-0.25, -0.2) is 4.79 Å². The molecule has 1 rings (SSSR count). The maximum Gasteiger partial charge on any atom is 0.315 e. The number of urea groups is 1. The van der Waals surface area contributed by atoms with E-state index in [9.17, 15) is 9.59 Å². The van der Waals surface area contributed by atoms with Gasteiger partial charge < -0.3 is 15.7 Å². The van der Waals surface area contributed by atoms with Gasteiger partial charge >= 0.3 is 12.0 Å². The van der Waals surface area contributed by atoms with Crippen molar-refractivity contribution in [1.82, 2.24) is 10.6 Å². The Morgan fingerprint density at radius 1 is 1.37 bits per heavy atom. The molecule has 0 saturated heterocycles. The van der Waals surface area contributed by atoms with E-state index in [2.05, 4.69) is 10.6 Å². The van der Waals surface area contributed by atoms with Crippen LogP contribution < -0.4 is 10.6 Å². The molecule has 0 aliphatic carbocycles. The van der Waals surface area contributed by atoms with E-state index in [1.54, 1.807) is 25.1 Å². The predicted molar refractivity (Wildman–Crippen MR) is 73.7 cm³/mol. The van der Waals surface area contributed by atoms with E-state index in [-0.39, 0.29) is 19.0 Å². The molecule has 2 amide bonds. The smallest absolute Gasteiger partial charge is 0.315 e. The fourth-order valence-corrected chi connectivity index (χ4v) is 1.93. The number of carboxylic acid groups (broad SMARTS) is 1. The normalized spacial score (nSPS) is 11.7. The van der Waals surface area contributed by atoms with Crippen molar-refractivity contribution < 1.29 is 14.7 Å². The van der Waals surface area contributed by atoms with Gasteiger partial charge in [-0.3, -0.25) is 4.79 Å². The zero-order valence-electron chi connectivity index (χ0n) is 10.2. The van der Waals surface area contributed by atoms with Gasteiger partial charge in [-0.15, -0.1) is 0 Å². The van der Waals surface area contributed by atoms with Crippen LogP contribution >= 0.6 is 23.2 Å². The van der Waals surface area contributed by atoms with Gasteiger partial charge in [-0.1, -0.05) is 35.3 Å². The molecule has 0 spiro atoms. The van der Waals surface area contributed by atoms with Gasteiger partial charge in [0.2, 0.25) is 0 Å². The van der Waals surface area contributed by atoms with Crippen molar-refractivity contribution in [3.63, 3.8) is 0 Å². The van der Waals surface area contributed by atoms with Crippen LogP contribution in [0.3, 0.4) is 0 Å². The maximum absolute atomic E-state index is 11.5. The van der Waals surface area contributed by atoms with E-state index in [4.69, 9.17) is 28.3 Å². The number of aliphatic carboxylic acids is 1.